The average Bonchev–Trinajstić information content (AvgIpc) is 2.84. The van der Waals surface area contributed by atoms with Crippen LogP contribution in [0.4, 0.5) is 0 Å². The van der Waals surface area contributed by atoms with Crippen LogP contribution in [0.5, 0.6) is 0 Å². The van der Waals surface area contributed by atoms with E-state index in [4.69, 9.17) is 11.6 Å². The lowest BCUT2D eigenvalue weighted by atomic mass is 9.95. The summed E-state index contributed by atoms with van der Waals surface area (Å²) in [4.78, 5) is 0. The summed E-state index contributed by atoms with van der Waals surface area (Å²) in [5.41, 5.74) is 0.0700. The summed E-state index contributed by atoms with van der Waals surface area (Å²) in [5.74, 6) is 0.612. The van der Waals surface area contributed by atoms with Crippen molar-refractivity contribution in [3.8, 4) is 0 Å². The molecule has 96 valence electrons. The Kier molecular flexibility index (Phi) is 3.79. The average molecular weight is 257 g/mol. The van der Waals surface area contributed by atoms with E-state index in [1.807, 2.05) is 4.68 Å². The zero-order valence-corrected chi connectivity index (χ0v) is 11.4. The molecule has 0 aromatic carbocycles. The number of aliphatic hydroxyl groups is 1. The highest BCUT2D eigenvalue weighted by Crippen LogP contribution is 2.45. The second-order valence-electron chi connectivity index (χ2n) is 5.11. The summed E-state index contributed by atoms with van der Waals surface area (Å²) in [5, 5.41) is 15.7. The molecular formula is C13H21ClN2O. The molecule has 0 saturated heterocycles. The molecule has 1 aliphatic carbocycles. The maximum absolute atomic E-state index is 10.8. The third-order valence-electron chi connectivity index (χ3n) is 3.84. The van der Waals surface area contributed by atoms with Crippen molar-refractivity contribution in [1.82, 2.24) is 9.78 Å². The summed E-state index contributed by atoms with van der Waals surface area (Å²) in [6.45, 7) is 5.11. The van der Waals surface area contributed by atoms with E-state index in [9.17, 15) is 5.11 Å². The van der Waals surface area contributed by atoms with Gasteiger partial charge < -0.3 is 5.11 Å². The molecule has 0 bridgehead atoms. The molecule has 2 atom stereocenters. The van der Waals surface area contributed by atoms with Gasteiger partial charge in [0.05, 0.1) is 16.9 Å². The fourth-order valence-electron chi connectivity index (χ4n) is 2.89. The van der Waals surface area contributed by atoms with Gasteiger partial charge in [0.2, 0.25) is 0 Å². The van der Waals surface area contributed by atoms with Gasteiger partial charge in [0.25, 0.3) is 0 Å². The maximum Gasteiger partial charge on any atom is 0.108 e. The molecule has 0 amide bonds. The third-order valence-corrected chi connectivity index (χ3v) is 4.12. The van der Waals surface area contributed by atoms with E-state index in [1.54, 1.807) is 6.20 Å². The van der Waals surface area contributed by atoms with Crippen molar-refractivity contribution in [2.75, 3.05) is 0 Å². The standard InChI is InChI=1S/C13H21ClN2O/c1-3-7-16-12(11(14)9-15-16)13(17)6-5-10(4-2)8-13/h9-10,17H,3-8H2,1-2H3. The van der Waals surface area contributed by atoms with Crippen LogP contribution in [0.3, 0.4) is 0 Å². The van der Waals surface area contributed by atoms with Crippen LogP contribution in [-0.4, -0.2) is 14.9 Å². The normalized spacial score (nSPS) is 28.8. The molecular weight excluding hydrogens is 236 g/mol. The van der Waals surface area contributed by atoms with Crippen LogP contribution in [0, 0.1) is 5.92 Å². The molecule has 0 spiro atoms. The Labute approximate surface area is 108 Å². The Morgan fingerprint density at radius 3 is 2.94 bits per heavy atom. The van der Waals surface area contributed by atoms with Crippen molar-refractivity contribution >= 4 is 11.6 Å². The van der Waals surface area contributed by atoms with Gasteiger partial charge in [-0.1, -0.05) is 31.9 Å². The van der Waals surface area contributed by atoms with Crippen molar-refractivity contribution in [2.45, 2.75) is 58.1 Å². The first-order valence-corrected chi connectivity index (χ1v) is 6.92. The van der Waals surface area contributed by atoms with E-state index in [0.29, 0.717) is 10.9 Å². The number of nitrogens with zero attached hydrogens (tertiary/aromatic N) is 2. The molecule has 3 nitrogen and oxygen atoms in total. The van der Waals surface area contributed by atoms with Crippen LogP contribution >= 0.6 is 11.6 Å². The van der Waals surface area contributed by atoms with Gasteiger partial charge >= 0.3 is 0 Å². The Hall–Kier alpha value is -0.540. The SMILES string of the molecule is CCCn1ncc(Cl)c1C1(O)CCC(CC)C1. The summed E-state index contributed by atoms with van der Waals surface area (Å²) in [6, 6.07) is 0. The minimum absolute atomic E-state index is 0.609. The number of hydrogen-bond acceptors (Lipinski definition) is 2. The zero-order chi connectivity index (χ0) is 12.5. The molecule has 1 aromatic heterocycles. The van der Waals surface area contributed by atoms with Crippen LogP contribution in [0.15, 0.2) is 6.20 Å². The van der Waals surface area contributed by atoms with E-state index in [-0.39, 0.29) is 0 Å². The van der Waals surface area contributed by atoms with Gasteiger partial charge in [-0.3, -0.25) is 4.68 Å². The monoisotopic (exact) mass is 256 g/mol. The highest BCUT2D eigenvalue weighted by molar-refractivity contribution is 6.31. The molecule has 17 heavy (non-hydrogen) atoms. The summed E-state index contributed by atoms with van der Waals surface area (Å²) < 4.78 is 1.88. The van der Waals surface area contributed by atoms with Crippen molar-refractivity contribution < 1.29 is 5.11 Å². The highest BCUT2D eigenvalue weighted by Gasteiger charge is 2.41. The first kappa shape index (κ1) is 12.9. The first-order chi connectivity index (χ1) is 8.10. The van der Waals surface area contributed by atoms with Crippen LogP contribution in [-0.2, 0) is 12.1 Å². The number of hydrogen-bond donors (Lipinski definition) is 1. The molecule has 2 unspecified atom stereocenters. The number of aryl methyl sites for hydroxylation is 1. The molecule has 1 heterocycles. The third kappa shape index (κ3) is 2.36. The Balaban J connectivity index is 2.29. The van der Waals surface area contributed by atoms with Gasteiger partial charge in [-0.25, -0.2) is 0 Å². The predicted octanol–water partition coefficient (Wildman–Crippen LogP) is 3.34. The number of rotatable bonds is 4. The molecule has 0 radical (unpaired) electrons. The summed E-state index contributed by atoms with van der Waals surface area (Å²) >= 11 is 6.20. The molecule has 1 N–H and O–H groups in total. The highest BCUT2D eigenvalue weighted by atomic mass is 35.5. The van der Waals surface area contributed by atoms with Gasteiger partial charge in [-0.05, 0) is 31.6 Å². The van der Waals surface area contributed by atoms with Gasteiger partial charge in [-0.15, -0.1) is 0 Å². The van der Waals surface area contributed by atoms with Gasteiger partial charge in [-0.2, -0.15) is 5.10 Å². The van der Waals surface area contributed by atoms with Crippen LogP contribution in [0.2, 0.25) is 5.02 Å². The Bertz CT molecular complexity index is 391. The summed E-state index contributed by atoms with van der Waals surface area (Å²) in [6.07, 6.45) is 6.49. The molecule has 1 aliphatic rings. The van der Waals surface area contributed by atoms with Crippen LogP contribution in [0.25, 0.3) is 0 Å². The lowest BCUT2D eigenvalue weighted by molar-refractivity contribution is 0.0305. The van der Waals surface area contributed by atoms with Crippen LogP contribution in [0.1, 0.15) is 51.6 Å². The predicted molar refractivity (Wildman–Crippen MR) is 69.1 cm³/mol. The van der Waals surface area contributed by atoms with E-state index in [2.05, 4.69) is 18.9 Å². The fraction of sp³-hybridized carbons (Fsp3) is 0.769. The van der Waals surface area contributed by atoms with Gasteiger partial charge in [0.15, 0.2) is 0 Å². The lowest BCUT2D eigenvalue weighted by Gasteiger charge is -2.24. The minimum atomic E-state index is -0.760. The van der Waals surface area contributed by atoms with Crippen molar-refractivity contribution in [3.05, 3.63) is 16.9 Å². The van der Waals surface area contributed by atoms with E-state index >= 15 is 0 Å². The first-order valence-electron chi connectivity index (χ1n) is 6.55. The van der Waals surface area contributed by atoms with E-state index in [0.717, 1.165) is 44.3 Å². The van der Waals surface area contributed by atoms with Crippen LogP contribution < -0.4 is 0 Å². The molecule has 1 aromatic rings. The fourth-order valence-corrected chi connectivity index (χ4v) is 3.21. The van der Waals surface area contributed by atoms with Gasteiger partial charge in [0, 0.05) is 6.54 Å². The zero-order valence-electron chi connectivity index (χ0n) is 10.6. The van der Waals surface area contributed by atoms with Crippen molar-refractivity contribution in [2.24, 2.45) is 5.92 Å². The molecule has 1 saturated carbocycles. The van der Waals surface area contributed by atoms with E-state index < -0.39 is 5.60 Å². The maximum atomic E-state index is 10.8. The molecule has 1 fully saturated rings. The Morgan fingerprint density at radius 2 is 2.35 bits per heavy atom. The van der Waals surface area contributed by atoms with Gasteiger partial charge in [0.1, 0.15) is 5.60 Å². The summed E-state index contributed by atoms with van der Waals surface area (Å²) in [7, 11) is 0. The van der Waals surface area contributed by atoms with Crippen molar-refractivity contribution in [1.29, 1.82) is 0 Å². The number of aromatic nitrogens is 2. The molecule has 4 heteroatoms. The largest absolute Gasteiger partial charge is 0.384 e. The Morgan fingerprint density at radius 1 is 1.59 bits per heavy atom. The topological polar surface area (TPSA) is 38.0 Å². The second kappa shape index (κ2) is 4.99. The lowest BCUT2D eigenvalue weighted by Crippen LogP contribution is -2.26. The van der Waals surface area contributed by atoms with Crippen molar-refractivity contribution in [3.63, 3.8) is 0 Å². The smallest absolute Gasteiger partial charge is 0.108 e. The number of halogens is 1. The second-order valence-corrected chi connectivity index (χ2v) is 5.52. The minimum Gasteiger partial charge on any atom is -0.384 e. The molecule has 2 rings (SSSR count). The van der Waals surface area contributed by atoms with E-state index in [1.165, 1.54) is 0 Å². The quantitative estimate of drug-likeness (QED) is 0.897. The molecule has 0 aliphatic heterocycles.